The molecule has 0 bridgehead atoms. The lowest BCUT2D eigenvalue weighted by Gasteiger charge is -2.34. The standard InChI is InChI=1S/C16H28N4/c1-13-17-14(2)20(18-13)12-16-8-5-9-19(11-16)10-15-6-3-4-7-15/h15-16H,3-12H2,1-2H3/t16-/m0/s1. The minimum Gasteiger partial charge on any atom is -0.303 e. The fraction of sp³-hybridized carbons (Fsp3) is 0.875. The number of rotatable bonds is 4. The maximum Gasteiger partial charge on any atom is 0.147 e. The highest BCUT2D eigenvalue weighted by atomic mass is 15.3. The largest absolute Gasteiger partial charge is 0.303 e. The molecule has 1 aliphatic carbocycles. The van der Waals surface area contributed by atoms with Gasteiger partial charge in [0.1, 0.15) is 11.6 Å². The molecule has 0 unspecified atom stereocenters. The zero-order valence-electron chi connectivity index (χ0n) is 13.0. The zero-order valence-corrected chi connectivity index (χ0v) is 13.0. The van der Waals surface area contributed by atoms with Crippen molar-refractivity contribution in [2.24, 2.45) is 11.8 Å². The van der Waals surface area contributed by atoms with Crippen molar-refractivity contribution >= 4 is 0 Å². The van der Waals surface area contributed by atoms with Gasteiger partial charge in [-0.25, -0.2) is 9.67 Å². The van der Waals surface area contributed by atoms with Crippen molar-refractivity contribution in [3.05, 3.63) is 11.6 Å². The Morgan fingerprint density at radius 1 is 1.00 bits per heavy atom. The summed E-state index contributed by atoms with van der Waals surface area (Å²) in [6.07, 6.45) is 8.54. The lowest BCUT2D eigenvalue weighted by molar-refractivity contribution is 0.139. The number of aryl methyl sites for hydroxylation is 2. The van der Waals surface area contributed by atoms with Crippen LogP contribution in [-0.2, 0) is 6.54 Å². The van der Waals surface area contributed by atoms with Crippen molar-refractivity contribution in [2.45, 2.75) is 58.9 Å². The van der Waals surface area contributed by atoms with Gasteiger partial charge in [-0.3, -0.25) is 0 Å². The fourth-order valence-electron chi connectivity index (χ4n) is 4.00. The van der Waals surface area contributed by atoms with Gasteiger partial charge in [-0.05, 0) is 57.9 Å². The Morgan fingerprint density at radius 2 is 1.75 bits per heavy atom. The third-order valence-corrected chi connectivity index (χ3v) is 4.99. The molecule has 4 heteroatoms. The first-order valence-corrected chi connectivity index (χ1v) is 8.31. The Balaban J connectivity index is 1.53. The van der Waals surface area contributed by atoms with Gasteiger partial charge in [-0.2, -0.15) is 5.10 Å². The second-order valence-corrected chi connectivity index (χ2v) is 6.81. The molecule has 2 heterocycles. The number of nitrogens with zero attached hydrogens (tertiary/aromatic N) is 4. The topological polar surface area (TPSA) is 34.0 Å². The molecule has 2 fully saturated rings. The van der Waals surface area contributed by atoms with Crippen LogP contribution in [0.2, 0.25) is 0 Å². The molecule has 112 valence electrons. The maximum absolute atomic E-state index is 4.52. The number of aromatic nitrogens is 3. The summed E-state index contributed by atoms with van der Waals surface area (Å²) in [4.78, 5) is 7.13. The molecule has 1 aromatic heterocycles. The first-order chi connectivity index (χ1) is 9.70. The average Bonchev–Trinajstić information content (AvgIpc) is 3.01. The summed E-state index contributed by atoms with van der Waals surface area (Å²) in [7, 11) is 0. The van der Waals surface area contributed by atoms with Crippen LogP contribution in [0, 0.1) is 25.7 Å². The van der Waals surface area contributed by atoms with Gasteiger partial charge < -0.3 is 4.90 Å². The molecule has 2 aliphatic rings. The van der Waals surface area contributed by atoms with E-state index in [1.807, 2.05) is 6.92 Å². The molecule has 1 atom stereocenters. The Labute approximate surface area is 122 Å². The van der Waals surface area contributed by atoms with E-state index in [4.69, 9.17) is 0 Å². The van der Waals surface area contributed by atoms with E-state index in [2.05, 4.69) is 26.6 Å². The summed E-state index contributed by atoms with van der Waals surface area (Å²) < 4.78 is 2.11. The first-order valence-electron chi connectivity index (χ1n) is 8.31. The van der Waals surface area contributed by atoms with E-state index >= 15 is 0 Å². The quantitative estimate of drug-likeness (QED) is 0.848. The molecule has 0 spiro atoms. The summed E-state index contributed by atoms with van der Waals surface area (Å²) >= 11 is 0. The van der Waals surface area contributed by atoms with Crippen LogP contribution in [0.3, 0.4) is 0 Å². The predicted molar refractivity (Wildman–Crippen MR) is 80.6 cm³/mol. The third kappa shape index (κ3) is 3.40. The van der Waals surface area contributed by atoms with Crippen LogP contribution in [0.4, 0.5) is 0 Å². The zero-order chi connectivity index (χ0) is 13.9. The molecular formula is C16H28N4. The van der Waals surface area contributed by atoms with E-state index < -0.39 is 0 Å². The smallest absolute Gasteiger partial charge is 0.147 e. The average molecular weight is 276 g/mol. The molecule has 1 aliphatic heterocycles. The Morgan fingerprint density at radius 3 is 2.45 bits per heavy atom. The van der Waals surface area contributed by atoms with E-state index in [1.165, 1.54) is 58.2 Å². The van der Waals surface area contributed by atoms with Crippen molar-refractivity contribution in [1.29, 1.82) is 0 Å². The second-order valence-electron chi connectivity index (χ2n) is 6.81. The molecule has 0 aromatic carbocycles. The predicted octanol–water partition coefficient (Wildman–Crippen LogP) is 2.80. The van der Waals surface area contributed by atoms with Gasteiger partial charge in [0.25, 0.3) is 0 Å². The Bertz CT molecular complexity index is 434. The van der Waals surface area contributed by atoms with Crippen LogP contribution in [0.1, 0.15) is 50.2 Å². The molecule has 3 rings (SSSR count). The lowest BCUT2D eigenvalue weighted by Crippen LogP contribution is -2.39. The van der Waals surface area contributed by atoms with E-state index in [0.29, 0.717) is 0 Å². The molecular weight excluding hydrogens is 248 g/mol. The molecule has 1 aromatic rings. The minimum absolute atomic E-state index is 0.755. The first kappa shape index (κ1) is 14.1. The normalized spacial score (nSPS) is 25.4. The van der Waals surface area contributed by atoms with Gasteiger partial charge in [0.05, 0.1) is 0 Å². The van der Waals surface area contributed by atoms with Gasteiger partial charge in [-0.15, -0.1) is 0 Å². The van der Waals surface area contributed by atoms with E-state index in [1.54, 1.807) is 0 Å². The minimum atomic E-state index is 0.755. The van der Waals surface area contributed by atoms with Gasteiger partial charge in [0.2, 0.25) is 0 Å². The molecule has 0 N–H and O–H groups in total. The van der Waals surface area contributed by atoms with Crippen molar-refractivity contribution in [2.75, 3.05) is 19.6 Å². The van der Waals surface area contributed by atoms with Crippen LogP contribution in [0.25, 0.3) is 0 Å². The van der Waals surface area contributed by atoms with Gasteiger partial charge in [0, 0.05) is 19.6 Å². The number of hydrogen-bond donors (Lipinski definition) is 0. The van der Waals surface area contributed by atoms with Crippen molar-refractivity contribution in [3.8, 4) is 0 Å². The summed E-state index contributed by atoms with van der Waals surface area (Å²) in [5.74, 6) is 3.70. The molecule has 1 saturated heterocycles. The van der Waals surface area contributed by atoms with Crippen molar-refractivity contribution in [1.82, 2.24) is 19.7 Å². The van der Waals surface area contributed by atoms with Crippen molar-refractivity contribution < 1.29 is 0 Å². The van der Waals surface area contributed by atoms with Crippen LogP contribution in [0.5, 0.6) is 0 Å². The second kappa shape index (κ2) is 6.25. The van der Waals surface area contributed by atoms with Crippen molar-refractivity contribution in [3.63, 3.8) is 0 Å². The molecule has 0 radical (unpaired) electrons. The number of hydrogen-bond acceptors (Lipinski definition) is 3. The lowest BCUT2D eigenvalue weighted by atomic mass is 9.96. The highest BCUT2D eigenvalue weighted by Gasteiger charge is 2.24. The number of piperidine rings is 1. The van der Waals surface area contributed by atoms with Gasteiger partial charge >= 0.3 is 0 Å². The third-order valence-electron chi connectivity index (χ3n) is 4.99. The van der Waals surface area contributed by atoms with E-state index in [-0.39, 0.29) is 0 Å². The van der Waals surface area contributed by atoms with E-state index in [0.717, 1.165) is 30.0 Å². The summed E-state index contributed by atoms with van der Waals surface area (Å²) in [6, 6.07) is 0. The maximum atomic E-state index is 4.52. The SMILES string of the molecule is Cc1nc(C)n(C[C@H]2CCCN(CC3CCCC3)C2)n1. The van der Waals surface area contributed by atoms with Gasteiger partial charge in [-0.1, -0.05) is 12.8 Å². The highest BCUT2D eigenvalue weighted by molar-refractivity contribution is 4.88. The van der Waals surface area contributed by atoms with Crippen LogP contribution in [0.15, 0.2) is 0 Å². The van der Waals surface area contributed by atoms with Crippen LogP contribution in [-0.4, -0.2) is 39.3 Å². The summed E-state index contributed by atoms with van der Waals surface area (Å²) in [5, 5.41) is 4.52. The summed E-state index contributed by atoms with van der Waals surface area (Å²) in [5.41, 5.74) is 0. The van der Waals surface area contributed by atoms with Crippen LogP contribution < -0.4 is 0 Å². The van der Waals surface area contributed by atoms with E-state index in [9.17, 15) is 0 Å². The van der Waals surface area contributed by atoms with Crippen LogP contribution >= 0.6 is 0 Å². The monoisotopic (exact) mass is 276 g/mol. The Kier molecular flexibility index (Phi) is 4.39. The highest BCUT2D eigenvalue weighted by Crippen LogP contribution is 2.27. The molecule has 0 amide bonds. The molecule has 4 nitrogen and oxygen atoms in total. The number of likely N-dealkylation sites (tertiary alicyclic amines) is 1. The molecule has 1 saturated carbocycles. The Hall–Kier alpha value is -0.900. The summed E-state index contributed by atoms with van der Waals surface area (Å²) in [6.45, 7) is 9.01. The fourth-order valence-corrected chi connectivity index (χ4v) is 4.00. The van der Waals surface area contributed by atoms with Gasteiger partial charge in [0.15, 0.2) is 0 Å². The molecule has 20 heavy (non-hydrogen) atoms.